The fourth-order valence-corrected chi connectivity index (χ4v) is 4.81. The number of aryl methyl sites for hydroxylation is 1. The van der Waals surface area contributed by atoms with Crippen molar-refractivity contribution in [2.45, 2.75) is 37.9 Å². The van der Waals surface area contributed by atoms with Crippen LogP contribution < -0.4 is 27.8 Å². The molecule has 3 aromatic rings. The largest absolute Gasteiger partial charge is 0.350 e. The number of nitrogens with zero attached hydrogens (tertiary/aromatic N) is 1. The smallest absolute Gasteiger partial charge is 0.242 e. The van der Waals surface area contributed by atoms with E-state index in [-0.39, 0.29) is 31.3 Å². The summed E-state index contributed by atoms with van der Waals surface area (Å²) in [6, 6.07) is 17.9. The Labute approximate surface area is 233 Å². The topological polar surface area (TPSA) is 157 Å². The average Bonchev–Trinajstić information content (AvgIpc) is 3.49. The summed E-state index contributed by atoms with van der Waals surface area (Å²) in [6.07, 6.45) is 0.768. The van der Waals surface area contributed by atoms with Crippen LogP contribution in [0.25, 0.3) is 11.1 Å². The van der Waals surface area contributed by atoms with Gasteiger partial charge in [-0.1, -0.05) is 54.6 Å². The van der Waals surface area contributed by atoms with E-state index in [1.54, 1.807) is 11.3 Å². The van der Waals surface area contributed by atoms with Crippen molar-refractivity contribution in [2.24, 2.45) is 17.2 Å². The molecule has 2 atom stereocenters. The van der Waals surface area contributed by atoms with E-state index in [0.29, 0.717) is 32.5 Å². The number of benzene rings is 2. The predicted molar refractivity (Wildman–Crippen MR) is 156 cm³/mol. The zero-order valence-corrected chi connectivity index (χ0v) is 22.9. The second kappa shape index (κ2) is 15.7. The summed E-state index contributed by atoms with van der Waals surface area (Å²) in [6.45, 7) is 1.55. The summed E-state index contributed by atoms with van der Waals surface area (Å²) in [7, 11) is 0. The van der Waals surface area contributed by atoms with Crippen molar-refractivity contribution in [1.82, 2.24) is 15.5 Å². The third-order valence-electron chi connectivity index (χ3n) is 6.35. The summed E-state index contributed by atoms with van der Waals surface area (Å²) in [5.74, 6) is -1.17. The highest BCUT2D eigenvalue weighted by Gasteiger charge is 2.26. The number of carbonyl (C=O) groups is 3. The van der Waals surface area contributed by atoms with E-state index < -0.39 is 18.0 Å². The van der Waals surface area contributed by atoms with Gasteiger partial charge >= 0.3 is 0 Å². The summed E-state index contributed by atoms with van der Waals surface area (Å²) in [5.41, 5.74) is 21.5. The van der Waals surface area contributed by atoms with Gasteiger partial charge in [0.1, 0.15) is 6.04 Å². The molecule has 0 bridgehead atoms. The van der Waals surface area contributed by atoms with Crippen LogP contribution in [-0.2, 0) is 27.3 Å². The van der Waals surface area contributed by atoms with E-state index in [0.717, 1.165) is 22.3 Å². The number of rotatable bonds is 15. The first kappa shape index (κ1) is 30.0. The van der Waals surface area contributed by atoms with Gasteiger partial charge in [0.25, 0.3) is 0 Å². The molecule has 0 aliphatic carbocycles. The van der Waals surface area contributed by atoms with Gasteiger partial charge in [-0.15, -0.1) is 0 Å². The fraction of sp³-hybridized carbons (Fsp3) is 0.345. The molecule has 0 radical (unpaired) electrons. The van der Waals surface area contributed by atoms with E-state index in [2.05, 4.69) is 22.1 Å². The van der Waals surface area contributed by atoms with Gasteiger partial charge < -0.3 is 32.7 Å². The molecular formula is C29H38N6O3S. The second-order valence-electron chi connectivity index (χ2n) is 9.28. The lowest BCUT2D eigenvalue weighted by Crippen LogP contribution is -2.53. The Balaban J connectivity index is 1.61. The van der Waals surface area contributed by atoms with E-state index in [1.807, 2.05) is 60.0 Å². The Morgan fingerprint density at radius 2 is 1.54 bits per heavy atom. The van der Waals surface area contributed by atoms with Gasteiger partial charge in [-0.05, 0) is 51.9 Å². The number of carbonyl (C=O) groups excluding carboxylic acids is 3. The molecule has 0 fully saturated rings. The molecule has 8 N–H and O–H groups in total. The summed E-state index contributed by atoms with van der Waals surface area (Å²) < 4.78 is 0. The van der Waals surface area contributed by atoms with Gasteiger partial charge in [0.05, 0.1) is 12.5 Å². The van der Waals surface area contributed by atoms with Crippen LogP contribution >= 0.6 is 11.3 Å². The van der Waals surface area contributed by atoms with Crippen LogP contribution in [0.4, 0.5) is 0 Å². The van der Waals surface area contributed by atoms with E-state index in [4.69, 9.17) is 17.2 Å². The first-order valence-electron chi connectivity index (χ1n) is 13.1. The maximum Gasteiger partial charge on any atom is 0.242 e. The van der Waals surface area contributed by atoms with Gasteiger partial charge in [-0.3, -0.25) is 14.4 Å². The molecule has 39 heavy (non-hydrogen) atoms. The molecule has 10 heteroatoms. The van der Waals surface area contributed by atoms with Gasteiger partial charge in [0, 0.05) is 32.7 Å². The molecular weight excluding hydrogens is 512 g/mol. The molecule has 0 spiro atoms. The first-order chi connectivity index (χ1) is 18.9. The molecule has 2 aromatic carbocycles. The van der Waals surface area contributed by atoms with Crippen LogP contribution in [0.1, 0.15) is 24.0 Å². The summed E-state index contributed by atoms with van der Waals surface area (Å²) in [5, 5.41) is 9.81. The molecule has 0 aliphatic rings. The predicted octanol–water partition coefficient (Wildman–Crippen LogP) is 1.61. The fourth-order valence-electron chi connectivity index (χ4n) is 4.14. The molecule has 3 rings (SSSR count). The lowest BCUT2D eigenvalue weighted by Gasteiger charge is -2.24. The summed E-state index contributed by atoms with van der Waals surface area (Å²) >= 11 is 1.64. The number of thiophene rings is 1. The van der Waals surface area contributed by atoms with Crippen molar-refractivity contribution < 1.29 is 14.4 Å². The van der Waals surface area contributed by atoms with E-state index in [9.17, 15) is 14.4 Å². The normalized spacial score (nSPS) is 12.4. The van der Waals surface area contributed by atoms with Crippen LogP contribution in [0.5, 0.6) is 0 Å². The number of hydrogen-bond acceptors (Lipinski definition) is 7. The minimum atomic E-state index is -1.10. The van der Waals surface area contributed by atoms with Crippen LogP contribution in [-0.4, -0.2) is 60.9 Å². The Hall–Kier alpha value is -3.57. The third-order valence-corrected chi connectivity index (χ3v) is 7.04. The molecule has 1 heterocycles. The van der Waals surface area contributed by atoms with Gasteiger partial charge in [0.2, 0.25) is 17.7 Å². The second-order valence-corrected chi connectivity index (χ2v) is 10.1. The standard InChI is InChI=1S/C29H38N6O3S/c30-13-15-35(16-14-31)27(36)18-25(32)28(37)34-26(11-8-21-4-2-1-3-5-21)29(38)33-19-22-6-9-23(10-7-22)24-12-17-39-20-24/h1-7,9-10,12,17,20,25-26H,8,11,13-16,18-19,30-32H2,(H,33,38)(H,34,37). The molecule has 3 amide bonds. The maximum atomic E-state index is 13.2. The van der Waals surface area contributed by atoms with Gasteiger partial charge in [-0.2, -0.15) is 11.3 Å². The van der Waals surface area contributed by atoms with Crippen molar-refractivity contribution in [3.05, 3.63) is 82.6 Å². The molecule has 0 saturated heterocycles. The number of amides is 3. The van der Waals surface area contributed by atoms with Crippen molar-refractivity contribution in [2.75, 3.05) is 26.2 Å². The number of nitrogens with two attached hydrogens (primary N) is 3. The highest BCUT2D eigenvalue weighted by molar-refractivity contribution is 7.08. The average molecular weight is 551 g/mol. The van der Waals surface area contributed by atoms with Crippen LogP contribution in [0.2, 0.25) is 0 Å². The lowest BCUT2D eigenvalue weighted by atomic mass is 10.0. The monoisotopic (exact) mass is 550 g/mol. The SMILES string of the molecule is NCCN(CCN)C(=O)CC(N)C(=O)NC(CCc1ccccc1)C(=O)NCc1ccc(-c2ccsc2)cc1. The highest BCUT2D eigenvalue weighted by atomic mass is 32.1. The van der Waals surface area contributed by atoms with Crippen molar-refractivity contribution in [3.8, 4) is 11.1 Å². The molecule has 208 valence electrons. The molecule has 0 aliphatic heterocycles. The zero-order chi connectivity index (χ0) is 28.0. The van der Waals surface area contributed by atoms with E-state index in [1.165, 1.54) is 4.90 Å². The quantitative estimate of drug-likeness (QED) is 0.194. The molecule has 1 aromatic heterocycles. The molecule has 2 unspecified atom stereocenters. The van der Waals surface area contributed by atoms with Crippen LogP contribution in [0.3, 0.4) is 0 Å². The van der Waals surface area contributed by atoms with Gasteiger partial charge in [-0.25, -0.2) is 0 Å². The zero-order valence-electron chi connectivity index (χ0n) is 22.1. The Bertz CT molecular complexity index is 1170. The van der Waals surface area contributed by atoms with E-state index >= 15 is 0 Å². The van der Waals surface area contributed by atoms with Crippen LogP contribution in [0, 0.1) is 0 Å². The lowest BCUT2D eigenvalue weighted by molar-refractivity contribution is -0.135. The Morgan fingerprint density at radius 1 is 0.846 bits per heavy atom. The minimum absolute atomic E-state index is 0.199. The third kappa shape index (κ3) is 9.60. The van der Waals surface area contributed by atoms with Crippen molar-refractivity contribution in [1.29, 1.82) is 0 Å². The molecule has 9 nitrogen and oxygen atoms in total. The summed E-state index contributed by atoms with van der Waals surface area (Å²) in [4.78, 5) is 40.2. The maximum absolute atomic E-state index is 13.2. The Morgan fingerprint density at radius 3 is 2.15 bits per heavy atom. The van der Waals surface area contributed by atoms with Crippen LogP contribution in [0.15, 0.2) is 71.4 Å². The minimum Gasteiger partial charge on any atom is -0.350 e. The van der Waals surface area contributed by atoms with Gasteiger partial charge in [0.15, 0.2) is 0 Å². The molecule has 0 saturated carbocycles. The van der Waals surface area contributed by atoms with Crippen molar-refractivity contribution in [3.63, 3.8) is 0 Å². The van der Waals surface area contributed by atoms with Crippen molar-refractivity contribution >= 4 is 29.1 Å². The Kier molecular flexibility index (Phi) is 12.1. The highest BCUT2D eigenvalue weighted by Crippen LogP contribution is 2.22. The number of hydrogen-bond donors (Lipinski definition) is 5. The first-order valence-corrected chi connectivity index (χ1v) is 14.0. The number of nitrogens with one attached hydrogen (secondary N) is 2.